The van der Waals surface area contributed by atoms with Crippen LogP contribution in [0.1, 0.15) is 25.5 Å². The molecule has 1 rings (SSSR count). The van der Waals surface area contributed by atoms with E-state index >= 15 is 0 Å². The van der Waals surface area contributed by atoms with Crippen molar-refractivity contribution in [2.75, 3.05) is 13.7 Å². The topological polar surface area (TPSA) is 64.4 Å². The molecule has 0 heterocycles. The van der Waals surface area contributed by atoms with Crippen LogP contribution in [0.2, 0.25) is 0 Å². The van der Waals surface area contributed by atoms with Gasteiger partial charge in [-0.3, -0.25) is 10.1 Å². The van der Waals surface area contributed by atoms with E-state index in [9.17, 15) is 10.1 Å². The Hall–Kier alpha value is -1.46. The number of methoxy groups -OCH3 is 1. The summed E-state index contributed by atoms with van der Waals surface area (Å²) < 4.78 is 5.35. The molecule has 0 aliphatic heterocycles. The van der Waals surface area contributed by atoms with Crippen molar-refractivity contribution in [2.45, 2.75) is 26.0 Å². The van der Waals surface area contributed by atoms with E-state index in [0.717, 1.165) is 5.56 Å². The third-order valence-electron chi connectivity index (χ3n) is 2.47. The highest BCUT2D eigenvalue weighted by molar-refractivity contribution is 5.33. The van der Waals surface area contributed by atoms with E-state index in [1.807, 2.05) is 0 Å². The Labute approximate surface area is 101 Å². The highest BCUT2D eigenvalue weighted by atomic mass is 16.6. The molecule has 0 saturated heterocycles. The van der Waals surface area contributed by atoms with Gasteiger partial charge in [-0.2, -0.15) is 0 Å². The molecular formula is C12H18N2O3. The molecule has 94 valence electrons. The maximum absolute atomic E-state index is 10.5. The molecule has 0 saturated carbocycles. The standard InChI is InChI=1S/C12H18N2O3/c1-9(2)13-8-12(17-3)10-4-6-11(7-5-10)14(15)16/h4-7,9,12-13H,8H2,1-3H3. The van der Waals surface area contributed by atoms with Crippen LogP contribution in [0.4, 0.5) is 5.69 Å². The number of non-ortho nitro benzene ring substituents is 1. The van der Waals surface area contributed by atoms with Crippen molar-refractivity contribution in [3.05, 3.63) is 39.9 Å². The number of nitrogens with zero attached hydrogens (tertiary/aromatic N) is 1. The quantitative estimate of drug-likeness (QED) is 0.610. The van der Waals surface area contributed by atoms with Crippen LogP contribution in [0.5, 0.6) is 0 Å². The molecule has 1 atom stereocenters. The maximum Gasteiger partial charge on any atom is 0.269 e. The molecule has 1 aromatic carbocycles. The first-order valence-electron chi connectivity index (χ1n) is 5.55. The molecule has 0 aliphatic rings. The van der Waals surface area contributed by atoms with Crippen molar-refractivity contribution >= 4 is 5.69 Å². The lowest BCUT2D eigenvalue weighted by Crippen LogP contribution is -2.28. The van der Waals surface area contributed by atoms with Gasteiger partial charge in [0, 0.05) is 31.8 Å². The smallest absolute Gasteiger partial charge is 0.269 e. The summed E-state index contributed by atoms with van der Waals surface area (Å²) in [6.07, 6.45) is -0.0850. The van der Waals surface area contributed by atoms with Gasteiger partial charge in [0.25, 0.3) is 5.69 Å². The van der Waals surface area contributed by atoms with Crippen LogP contribution in [0.15, 0.2) is 24.3 Å². The number of benzene rings is 1. The van der Waals surface area contributed by atoms with Crippen LogP contribution < -0.4 is 5.32 Å². The third kappa shape index (κ3) is 4.13. The average molecular weight is 238 g/mol. The molecule has 5 heteroatoms. The Morgan fingerprint density at radius 2 is 1.94 bits per heavy atom. The van der Waals surface area contributed by atoms with Gasteiger partial charge < -0.3 is 10.1 Å². The predicted molar refractivity (Wildman–Crippen MR) is 66.0 cm³/mol. The first-order valence-corrected chi connectivity index (χ1v) is 5.55. The van der Waals surface area contributed by atoms with Gasteiger partial charge in [-0.25, -0.2) is 0 Å². The number of nitro benzene ring substituents is 1. The van der Waals surface area contributed by atoms with Crippen LogP contribution in [0.25, 0.3) is 0 Å². The second-order valence-corrected chi connectivity index (χ2v) is 4.14. The fourth-order valence-corrected chi connectivity index (χ4v) is 1.49. The van der Waals surface area contributed by atoms with E-state index in [4.69, 9.17) is 4.74 Å². The van der Waals surface area contributed by atoms with Crippen LogP contribution in [0, 0.1) is 10.1 Å². The summed E-state index contributed by atoms with van der Waals surface area (Å²) in [4.78, 5) is 10.1. The van der Waals surface area contributed by atoms with E-state index in [0.29, 0.717) is 12.6 Å². The van der Waals surface area contributed by atoms with Gasteiger partial charge in [0.2, 0.25) is 0 Å². The Bertz CT molecular complexity index is 363. The Morgan fingerprint density at radius 1 is 1.35 bits per heavy atom. The zero-order chi connectivity index (χ0) is 12.8. The van der Waals surface area contributed by atoms with Crippen LogP contribution in [-0.2, 0) is 4.74 Å². The van der Waals surface area contributed by atoms with Gasteiger partial charge in [0.05, 0.1) is 11.0 Å². The third-order valence-corrected chi connectivity index (χ3v) is 2.47. The first-order chi connectivity index (χ1) is 8.04. The molecule has 17 heavy (non-hydrogen) atoms. The van der Waals surface area contributed by atoms with E-state index in [-0.39, 0.29) is 11.8 Å². The Balaban J connectivity index is 2.71. The molecule has 0 bridgehead atoms. The number of ether oxygens (including phenoxy) is 1. The first kappa shape index (κ1) is 13.6. The van der Waals surface area contributed by atoms with E-state index in [2.05, 4.69) is 19.2 Å². The zero-order valence-electron chi connectivity index (χ0n) is 10.3. The van der Waals surface area contributed by atoms with Gasteiger partial charge in [0.15, 0.2) is 0 Å². The van der Waals surface area contributed by atoms with Crippen molar-refractivity contribution in [3.63, 3.8) is 0 Å². The Kier molecular flexibility index (Phi) is 5.06. The van der Waals surface area contributed by atoms with Crippen molar-refractivity contribution in [1.82, 2.24) is 5.32 Å². The summed E-state index contributed by atoms with van der Waals surface area (Å²) in [5, 5.41) is 13.8. The molecule has 0 aliphatic carbocycles. The second-order valence-electron chi connectivity index (χ2n) is 4.14. The molecule has 0 fully saturated rings. The van der Waals surface area contributed by atoms with Gasteiger partial charge in [0.1, 0.15) is 0 Å². The second kappa shape index (κ2) is 6.32. The van der Waals surface area contributed by atoms with Crippen LogP contribution in [0.3, 0.4) is 0 Å². The van der Waals surface area contributed by atoms with Crippen LogP contribution >= 0.6 is 0 Å². The lowest BCUT2D eigenvalue weighted by Gasteiger charge is -2.18. The summed E-state index contributed by atoms with van der Waals surface area (Å²) in [5.74, 6) is 0. The fraction of sp³-hybridized carbons (Fsp3) is 0.500. The number of nitro groups is 1. The number of nitrogens with one attached hydrogen (secondary N) is 1. The minimum atomic E-state index is -0.405. The summed E-state index contributed by atoms with van der Waals surface area (Å²) in [7, 11) is 1.63. The molecule has 0 amide bonds. The van der Waals surface area contributed by atoms with Crippen molar-refractivity contribution in [1.29, 1.82) is 0 Å². The zero-order valence-corrected chi connectivity index (χ0v) is 10.3. The highest BCUT2D eigenvalue weighted by Crippen LogP contribution is 2.19. The van der Waals surface area contributed by atoms with Gasteiger partial charge in [-0.15, -0.1) is 0 Å². The van der Waals surface area contributed by atoms with Gasteiger partial charge in [-0.05, 0) is 17.7 Å². The molecular weight excluding hydrogens is 220 g/mol. The lowest BCUT2D eigenvalue weighted by molar-refractivity contribution is -0.384. The summed E-state index contributed by atoms with van der Waals surface area (Å²) in [5.41, 5.74) is 1.03. The Morgan fingerprint density at radius 3 is 2.35 bits per heavy atom. The van der Waals surface area contributed by atoms with E-state index in [1.54, 1.807) is 19.2 Å². The summed E-state index contributed by atoms with van der Waals surface area (Å²) in [6, 6.07) is 6.83. The summed E-state index contributed by atoms with van der Waals surface area (Å²) >= 11 is 0. The molecule has 0 radical (unpaired) electrons. The monoisotopic (exact) mass is 238 g/mol. The molecule has 5 nitrogen and oxygen atoms in total. The number of hydrogen-bond donors (Lipinski definition) is 1. The van der Waals surface area contributed by atoms with Gasteiger partial charge in [-0.1, -0.05) is 13.8 Å². The lowest BCUT2D eigenvalue weighted by atomic mass is 10.1. The number of rotatable bonds is 6. The highest BCUT2D eigenvalue weighted by Gasteiger charge is 2.12. The van der Waals surface area contributed by atoms with Gasteiger partial charge >= 0.3 is 0 Å². The number of hydrogen-bond acceptors (Lipinski definition) is 4. The van der Waals surface area contributed by atoms with E-state index < -0.39 is 4.92 Å². The minimum absolute atomic E-state index is 0.0850. The minimum Gasteiger partial charge on any atom is -0.375 e. The van der Waals surface area contributed by atoms with Crippen molar-refractivity contribution in [2.24, 2.45) is 0 Å². The van der Waals surface area contributed by atoms with E-state index in [1.165, 1.54) is 12.1 Å². The van der Waals surface area contributed by atoms with Crippen LogP contribution in [-0.4, -0.2) is 24.6 Å². The maximum atomic E-state index is 10.5. The normalized spacial score (nSPS) is 12.7. The molecule has 1 aromatic rings. The van der Waals surface area contributed by atoms with Crippen molar-refractivity contribution < 1.29 is 9.66 Å². The summed E-state index contributed by atoms with van der Waals surface area (Å²) in [6.45, 7) is 4.80. The average Bonchev–Trinajstić information content (AvgIpc) is 2.30. The molecule has 1 unspecified atom stereocenters. The predicted octanol–water partition coefficient (Wildman–Crippen LogP) is 2.28. The molecule has 1 N–H and O–H groups in total. The largest absolute Gasteiger partial charge is 0.375 e. The van der Waals surface area contributed by atoms with Crippen molar-refractivity contribution in [3.8, 4) is 0 Å². The molecule has 0 aromatic heterocycles. The SMILES string of the molecule is COC(CNC(C)C)c1ccc([N+](=O)[O-])cc1. The molecule has 0 spiro atoms. The fourth-order valence-electron chi connectivity index (χ4n) is 1.49.